The lowest BCUT2D eigenvalue weighted by atomic mass is 9.96. The minimum Gasteiger partial charge on any atom is -0.361 e. The van der Waals surface area contributed by atoms with Gasteiger partial charge in [-0.3, -0.25) is 0 Å². The number of piperidine rings is 1. The second-order valence-corrected chi connectivity index (χ2v) is 7.97. The molecule has 1 aliphatic heterocycles. The Morgan fingerprint density at radius 1 is 1.19 bits per heavy atom. The number of aromatic amines is 1. The highest BCUT2D eigenvalue weighted by atomic mass is 32.1. The van der Waals surface area contributed by atoms with Gasteiger partial charge in [0, 0.05) is 40.5 Å². The van der Waals surface area contributed by atoms with Crippen molar-refractivity contribution in [2.45, 2.75) is 25.2 Å². The van der Waals surface area contributed by atoms with Crippen LogP contribution >= 0.6 is 11.3 Å². The summed E-state index contributed by atoms with van der Waals surface area (Å²) in [7, 11) is 0. The van der Waals surface area contributed by atoms with Crippen molar-refractivity contribution in [2.75, 3.05) is 19.6 Å². The molecule has 5 rings (SSSR count). The normalized spacial score (nSPS) is 16.3. The molecule has 6 heteroatoms. The van der Waals surface area contributed by atoms with Gasteiger partial charge in [0.05, 0.1) is 0 Å². The minimum absolute atomic E-state index is 0.384. The molecular weight excluding hydrogens is 356 g/mol. The number of likely N-dealkylation sites (tertiary alicyclic amines) is 1. The maximum absolute atomic E-state index is 5.55. The molecule has 3 aromatic heterocycles. The molecule has 1 aromatic carbocycles. The van der Waals surface area contributed by atoms with Gasteiger partial charge in [0.2, 0.25) is 11.7 Å². The van der Waals surface area contributed by atoms with Crippen LogP contribution in [0.3, 0.4) is 0 Å². The summed E-state index contributed by atoms with van der Waals surface area (Å²) < 4.78 is 5.55. The zero-order valence-electron chi connectivity index (χ0n) is 15.1. The van der Waals surface area contributed by atoms with Crippen LogP contribution in [0.4, 0.5) is 0 Å². The average molecular weight is 379 g/mol. The number of thiophene rings is 1. The number of H-pyrrole nitrogens is 1. The molecule has 0 bridgehead atoms. The number of nitrogens with one attached hydrogen (secondary N) is 1. The third-order valence-corrected chi connectivity index (χ3v) is 6.21. The maximum Gasteiger partial charge on any atom is 0.230 e. The molecule has 27 heavy (non-hydrogen) atoms. The summed E-state index contributed by atoms with van der Waals surface area (Å²) in [5, 5.41) is 9.60. The molecule has 5 nitrogen and oxygen atoms in total. The number of hydrogen-bond acceptors (Lipinski definition) is 5. The van der Waals surface area contributed by atoms with Crippen molar-refractivity contribution in [3.05, 3.63) is 58.7 Å². The molecule has 1 fully saturated rings. The highest BCUT2D eigenvalue weighted by molar-refractivity contribution is 7.08. The van der Waals surface area contributed by atoms with Gasteiger partial charge in [-0.15, -0.1) is 0 Å². The molecule has 0 spiro atoms. The molecule has 1 N–H and O–H groups in total. The molecule has 0 aliphatic carbocycles. The zero-order chi connectivity index (χ0) is 18.1. The number of hydrogen-bond donors (Lipinski definition) is 1. The third kappa shape index (κ3) is 3.42. The van der Waals surface area contributed by atoms with Crippen LogP contribution in [0.5, 0.6) is 0 Å². The van der Waals surface area contributed by atoms with E-state index in [-0.39, 0.29) is 0 Å². The molecule has 0 saturated carbocycles. The number of fused-ring (bicyclic) bond motifs is 1. The van der Waals surface area contributed by atoms with E-state index in [2.05, 4.69) is 55.9 Å². The average Bonchev–Trinajstić information content (AvgIpc) is 3.47. The van der Waals surface area contributed by atoms with E-state index < -0.39 is 0 Å². The first kappa shape index (κ1) is 16.7. The zero-order valence-corrected chi connectivity index (χ0v) is 15.9. The first-order valence-corrected chi connectivity index (χ1v) is 10.4. The second kappa shape index (κ2) is 7.29. The van der Waals surface area contributed by atoms with Gasteiger partial charge in [-0.25, -0.2) is 0 Å². The largest absolute Gasteiger partial charge is 0.361 e. The fourth-order valence-electron chi connectivity index (χ4n) is 3.93. The van der Waals surface area contributed by atoms with Crippen molar-refractivity contribution in [3.8, 4) is 11.4 Å². The predicted molar refractivity (Wildman–Crippen MR) is 108 cm³/mol. The SMILES string of the molecule is c1ccc2c(CCN3CCC(c4nc(-c5ccsc5)no4)CC3)c[nH]c2c1. The van der Waals surface area contributed by atoms with Crippen LogP contribution in [0, 0.1) is 0 Å². The summed E-state index contributed by atoms with van der Waals surface area (Å²) >= 11 is 1.65. The van der Waals surface area contributed by atoms with Gasteiger partial charge in [-0.2, -0.15) is 16.3 Å². The molecular formula is C21H22N4OS. The molecule has 0 amide bonds. The Kier molecular flexibility index (Phi) is 4.51. The molecule has 0 radical (unpaired) electrons. The summed E-state index contributed by atoms with van der Waals surface area (Å²) in [6.07, 6.45) is 5.40. The Hall–Kier alpha value is -2.44. The standard InChI is InChI=1S/C21H22N4OS/c1-2-4-19-18(3-1)16(13-22-19)7-11-25-9-5-15(6-10-25)21-23-20(24-26-21)17-8-12-27-14-17/h1-4,8,12-15,22H,5-7,9-11H2. The number of nitrogens with zero attached hydrogens (tertiary/aromatic N) is 3. The van der Waals surface area contributed by atoms with Crippen molar-refractivity contribution in [2.24, 2.45) is 0 Å². The summed E-state index contributed by atoms with van der Waals surface area (Å²) in [5.74, 6) is 1.90. The molecule has 0 unspecified atom stereocenters. The van der Waals surface area contributed by atoms with Crippen molar-refractivity contribution in [3.63, 3.8) is 0 Å². The van der Waals surface area contributed by atoms with E-state index in [1.807, 2.05) is 11.4 Å². The summed E-state index contributed by atoms with van der Waals surface area (Å²) in [5.41, 5.74) is 3.68. The van der Waals surface area contributed by atoms with Crippen LogP contribution < -0.4 is 0 Å². The minimum atomic E-state index is 0.384. The van der Waals surface area contributed by atoms with Gasteiger partial charge in [0.1, 0.15) is 0 Å². The van der Waals surface area contributed by atoms with Crippen LogP contribution in [0.1, 0.15) is 30.2 Å². The van der Waals surface area contributed by atoms with E-state index in [9.17, 15) is 0 Å². The topological polar surface area (TPSA) is 58.0 Å². The Morgan fingerprint density at radius 2 is 2.07 bits per heavy atom. The fourth-order valence-corrected chi connectivity index (χ4v) is 4.56. The molecule has 1 aliphatic rings. The molecule has 0 atom stereocenters. The number of aromatic nitrogens is 3. The summed E-state index contributed by atoms with van der Waals surface area (Å²) in [6, 6.07) is 10.6. The van der Waals surface area contributed by atoms with Crippen LogP contribution in [-0.4, -0.2) is 39.7 Å². The van der Waals surface area contributed by atoms with Gasteiger partial charge in [-0.05, 0) is 55.4 Å². The van der Waals surface area contributed by atoms with Crippen molar-refractivity contribution < 1.29 is 4.52 Å². The van der Waals surface area contributed by atoms with Crippen LogP contribution in [0.15, 0.2) is 51.8 Å². The Bertz CT molecular complexity index is 1010. The Morgan fingerprint density at radius 3 is 2.93 bits per heavy atom. The van der Waals surface area contributed by atoms with Crippen LogP contribution in [0.25, 0.3) is 22.3 Å². The lowest BCUT2D eigenvalue weighted by Crippen LogP contribution is -2.34. The van der Waals surface area contributed by atoms with Gasteiger partial charge in [0.15, 0.2) is 0 Å². The van der Waals surface area contributed by atoms with E-state index in [4.69, 9.17) is 4.52 Å². The lowest BCUT2D eigenvalue weighted by Gasteiger charge is -2.30. The van der Waals surface area contributed by atoms with Crippen LogP contribution in [0.2, 0.25) is 0 Å². The Balaban J connectivity index is 1.17. The number of benzene rings is 1. The quantitative estimate of drug-likeness (QED) is 0.547. The van der Waals surface area contributed by atoms with E-state index in [1.165, 1.54) is 16.5 Å². The van der Waals surface area contributed by atoms with E-state index in [1.54, 1.807) is 11.3 Å². The highest BCUT2D eigenvalue weighted by Gasteiger charge is 2.25. The molecule has 138 valence electrons. The maximum atomic E-state index is 5.55. The van der Waals surface area contributed by atoms with E-state index in [0.717, 1.165) is 50.4 Å². The second-order valence-electron chi connectivity index (χ2n) is 7.19. The van der Waals surface area contributed by atoms with Gasteiger partial charge in [0.25, 0.3) is 0 Å². The summed E-state index contributed by atoms with van der Waals surface area (Å²) in [6.45, 7) is 3.27. The molecule has 1 saturated heterocycles. The summed E-state index contributed by atoms with van der Waals surface area (Å²) in [4.78, 5) is 10.6. The monoisotopic (exact) mass is 378 g/mol. The van der Waals surface area contributed by atoms with Gasteiger partial charge < -0.3 is 14.4 Å². The predicted octanol–water partition coefficient (Wildman–Crippen LogP) is 4.70. The highest BCUT2D eigenvalue weighted by Crippen LogP contribution is 2.29. The molecule has 4 heterocycles. The smallest absolute Gasteiger partial charge is 0.230 e. The first-order chi connectivity index (χ1) is 13.4. The lowest BCUT2D eigenvalue weighted by molar-refractivity contribution is 0.196. The van der Waals surface area contributed by atoms with Crippen molar-refractivity contribution in [1.29, 1.82) is 0 Å². The Labute approximate surface area is 162 Å². The van der Waals surface area contributed by atoms with Crippen molar-refractivity contribution >= 4 is 22.2 Å². The van der Waals surface area contributed by atoms with Gasteiger partial charge >= 0.3 is 0 Å². The van der Waals surface area contributed by atoms with Crippen molar-refractivity contribution in [1.82, 2.24) is 20.0 Å². The number of para-hydroxylation sites is 1. The fraction of sp³-hybridized carbons (Fsp3) is 0.333. The molecule has 4 aromatic rings. The first-order valence-electron chi connectivity index (χ1n) is 9.50. The number of rotatable bonds is 5. The van der Waals surface area contributed by atoms with Gasteiger partial charge in [-0.1, -0.05) is 23.4 Å². The van der Waals surface area contributed by atoms with Crippen LogP contribution in [-0.2, 0) is 6.42 Å². The third-order valence-electron chi connectivity index (χ3n) is 5.53. The van der Waals surface area contributed by atoms with E-state index >= 15 is 0 Å². The van der Waals surface area contributed by atoms with E-state index in [0.29, 0.717) is 11.7 Å².